The lowest BCUT2D eigenvalue weighted by Gasteiger charge is -2.44. The topological polar surface area (TPSA) is 75.9 Å². The largest absolute Gasteiger partial charge is 0.375 e. The van der Waals surface area contributed by atoms with Crippen molar-refractivity contribution in [3.8, 4) is 0 Å². The second-order valence-electron chi connectivity index (χ2n) is 6.10. The van der Waals surface area contributed by atoms with E-state index in [0.29, 0.717) is 32.2 Å². The molecule has 0 aliphatic carbocycles. The van der Waals surface area contributed by atoms with Crippen LogP contribution in [0.25, 0.3) is 0 Å². The molecule has 2 aliphatic rings. The van der Waals surface area contributed by atoms with Crippen LogP contribution in [0.5, 0.6) is 0 Å². The van der Waals surface area contributed by atoms with Gasteiger partial charge in [0, 0.05) is 31.7 Å². The summed E-state index contributed by atoms with van der Waals surface area (Å²) in [7, 11) is -3.45. The summed E-state index contributed by atoms with van der Waals surface area (Å²) >= 11 is 0. The van der Waals surface area contributed by atoms with Crippen molar-refractivity contribution in [3.63, 3.8) is 0 Å². The molecule has 2 fully saturated rings. The molecule has 0 spiro atoms. The molecule has 0 aromatic carbocycles. The van der Waals surface area contributed by atoms with Crippen LogP contribution in [-0.4, -0.2) is 61.5 Å². The molecule has 0 radical (unpaired) electrons. The average molecular weight is 305 g/mol. The van der Waals surface area contributed by atoms with Gasteiger partial charge in [0.1, 0.15) is 0 Å². The summed E-state index contributed by atoms with van der Waals surface area (Å²) in [6.07, 6.45) is 1.90. The molecule has 20 heavy (non-hydrogen) atoms. The van der Waals surface area contributed by atoms with E-state index in [1.54, 1.807) is 8.61 Å². The predicted molar refractivity (Wildman–Crippen MR) is 78.4 cm³/mol. The number of hydrogen-bond acceptors (Lipinski definition) is 4. The second kappa shape index (κ2) is 6.27. The smallest absolute Gasteiger partial charge is 0.282 e. The highest BCUT2D eigenvalue weighted by atomic mass is 32.2. The van der Waals surface area contributed by atoms with E-state index in [2.05, 4.69) is 6.92 Å². The molecule has 2 aliphatic heterocycles. The zero-order valence-electron chi connectivity index (χ0n) is 12.7. The summed E-state index contributed by atoms with van der Waals surface area (Å²) in [6.45, 7) is 7.73. The summed E-state index contributed by atoms with van der Waals surface area (Å²) in [6, 6.07) is -0.203. The molecule has 2 rings (SSSR count). The number of nitrogens with zero attached hydrogens (tertiary/aromatic N) is 2. The second-order valence-corrected chi connectivity index (χ2v) is 7.94. The number of ether oxygens (including phenoxy) is 1. The lowest BCUT2D eigenvalue weighted by molar-refractivity contribution is -0.0203. The Bertz CT molecular complexity index is 429. The van der Waals surface area contributed by atoms with E-state index in [9.17, 15) is 8.42 Å². The highest BCUT2D eigenvalue weighted by Gasteiger charge is 2.42. The van der Waals surface area contributed by atoms with Crippen molar-refractivity contribution in [2.75, 3.05) is 26.2 Å². The molecular weight excluding hydrogens is 278 g/mol. The van der Waals surface area contributed by atoms with Crippen molar-refractivity contribution >= 4 is 10.2 Å². The van der Waals surface area contributed by atoms with Crippen molar-refractivity contribution in [2.45, 2.75) is 51.8 Å². The van der Waals surface area contributed by atoms with Gasteiger partial charge in [-0.1, -0.05) is 6.92 Å². The number of piperidine rings is 1. The molecular formula is C13H27N3O3S. The van der Waals surface area contributed by atoms with Crippen molar-refractivity contribution in [1.29, 1.82) is 0 Å². The zero-order chi connectivity index (χ0) is 14.9. The molecule has 6 nitrogen and oxygen atoms in total. The third-order valence-corrected chi connectivity index (χ3v) is 6.60. The van der Waals surface area contributed by atoms with Crippen LogP contribution < -0.4 is 5.73 Å². The van der Waals surface area contributed by atoms with Crippen LogP contribution in [0.2, 0.25) is 0 Å². The van der Waals surface area contributed by atoms with Gasteiger partial charge in [0.25, 0.3) is 10.2 Å². The predicted octanol–water partition coefficient (Wildman–Crippen LogP) is 0.400. The molecule has 2 heterocycles. The minimum atomic E-state index is -3.45. The summed E-state index contributed by atoms with van der Waals surface area (Å²) in [5.74, 6) is 0.317. The lowest BCUT2D eigenvalue weighted by Crippen LogP contribution is -2.60. The quantitative estimate of drug-likeness (QED) is 0.819. The maximum Gasteiger partial charge on any atom is 0.282 e. The first-order valence-electron chi connectivity index (χ1n) is 7.48. The normalized spacial score (nSPS) is 38.0. The van der Waals surface area contributed by atoms with Crippen molar-refractivity contribution in [1.82, 2.24) is 8.61 Å². The van der Waals surface area contributed by atoms with E-state index < -0.39 is 10.2 Å². The Kier molecular flexibility index (Phi) is 5.07. The fourth-order valence-corrected chi connectivity index (χ4v) is 5.36. The van der Waals surface area contributed by atoms with Crippen LogP contribution in [0.1, 0.15) is 33.6 Å². The SMILES string of the molecule is C[C@@H]1CN(S(=O)(=O)N2CCC[C@H](C)[C@@H]2CN)[C@H](C)CO1. The number of morpholine rings is 1. The van der Waals surface area contributed by atoms with Gasteiger partial charge in [-0.15, -0.1) is 0 Å². The Balaban J connectivity index is 2.23. The maximum absolute atomic E-state index is 13.0. The fraction of sp³-hybridized carbons (Fsp3) is 1.00. The van der Waals surface area contributed by atoms with Crippen molar-refractivity contribution < 1.29 is 13.2 Å². The Morgan fingerprint density at radius 1 is 1.25 bits per heavy atom. The summed E-state index contributed by atoms with van der Waals surface area (Å²) in [4.78, 5) is 0. The summed E-state index contributed by atoms with van der Waals surface area (Å²) in [5, 5.41) is 0. The van der Waals surface area contributed by atoms with E-state index in [4.69, 9.17) is 10.5 Å². The highest BCUT2D eigenvalue weighted by Crippen LogP contribution is 2.28. The first-order chi connectivity index (χ1) is 9.37. The van der Waals surface area contributed by atoms with E-state index in [1.807, 2.05) is 13.8 Å². The van der Waals surface area contributed by atoms with E-state index in [-0.39, 0.29) is 18.2 Å². The van der Waals surface area contributed by atoms with Crippen LogP contribution in [0.3, 0.4) is 0 Å². The average Bonchev–Trinajstić information content (AvgIpc) is 2.41. The molecule has 2 saturated heterocycles. The Morgan fingerprint density at radius 2 is 1.95 bits per heavy atom. The van der Waals surface area contributed by atoms with E-state index >= 15 is 0 Å². The molecule has 0 aromatic heterocycles. The van der Waals surface area contributed by atoms with Gasteiger partial charge in [-0.25, -0.2) is 0 Å². The van der Waals surface area contributed by atoms with Gasteiger partial charge in [0.05, 0.1) is 12.7 Å². The minimum Gasteiger partial charge on any atom is -0.375 e. The fourth-order valence-electron chi connectivity index (χ4n) is 3.18. The molecule has 2 N–H and O–H groups in total. The van der Waals surface area contributed by atoms with Crippen LogP contribution in [0.4, 0.5) is 0 Å². The first-order valence-corrected chi connectivity index (χ1v) is 8.88. The highest BCUT2D eigenvalue weighted by molar-refractivity contribution is 7.86. The minimum absolute atomic E-state index is 0.0560. The molecule has 7 heteroatoms. The van der Waals surface area contributed by atoms with E-state index in [1.165, 1.54) is 0 Å². The van der Waals surface area contributed by atoms with Gasteiger partial charge in [-0.05, 0) is 32.6 Å². The van der Waals surface area contributed by atoms with Crippen LogP contribution in [0, 0.1) is 5.92 Å². The maximum atomic E-state index is 13.0. The zero-order valence-corrected chi connectivity index (χ0v) is 13.5. The number of hydrogen-bond donors (Lipinski definition) is 1. The number of rotatable bonds is 3. The molecule has 0 aromatic rings. The molecule has 0 amide bonds. The van der Waals surface area contributed by atoms with Gasteiger partial charge in [0.15, 0.2) is 0 Å². The van der Waals surface area contributed by atoms with Gasteiger partial charge < -0.3 is 10.5 Å². The van der Waals surface area contributed by atoms with Gasteiger partial charge in [0.2, 0.25) is 0 Å². The van der Waals surface area contributed by atoms with Gasteiger partial charge in [-0.3, -0.25) is 0 Å². The van der Waals surface area contributed by atoms with Gasteiger partial charge in [-0.2, -0.15) is 17.0 Å². The lowest BCUT2D eigenvalue weighted by atomic mass is 9.93. The molecule has 0 bridgehead atoms. The monoisotopic (exact) mass is 305 g/mol. The third kappa shape index (κ3) is 3.01. The van der Waals surface area contributed by atoms with Crippen LogP contribution >= 0.6 is 0 Å². The van der Waals surface area contributed by atoms with Crippen molar-refractivity contribution in [3.05, 3.63) is 0 Å². The molecule has 0 saturated carbocycles. The van der Waals surface area contributed by atoms with Crippen LogP contribution in [-0.2, 0) is 14.9 Å². The molecule has 4 atom stereocenters. The molecule has 0 unspecified atom stereocenters. The standard InChI is InChI=1S/C13H27N3O3S/c1-10-5-4-6-15(13(10)7-14)20(17,18)16-8-12(3)19-9-11(16)2/h10-13H,4-9,14H2,1-3H3/t10-,11+,12+,13-/m0/s1. The summed E-state index contributed by atoms with van der Waals surface area (Å²) in [5.41, 5.74) is 5.82. The van der Waals surface area contributed by atoms with Crippen molar-refractivity contribution in [2.24, 2.45) is 11.7 Å². The first kappa shape index (κ1) is 16.2. The Labute approximate surface area is 122 Å². The number of nitrogens with two attached hydrogens (primary N) is 1. The van der Waals surface area contributed by atoms with E-state index in [0.717, 1.165) is 12.8 Å². The Morgan fingerprint density at radius 3 is 2.60 bits per heavy atom. The third-order valence-electron chi connectivity index (χ3n) is 4.45. The van der Waals surface area contributed by atoms with Crippen LogP contribution in [0.15, 0.2) is 0 Å². The summed E-state index contributed by atoms with van der Waals surface area (Å²) < 4.78 is 34.6. The molecule has 118 valence electrons. The van der Waals surface area contributed by atoms with Gasteiger partial charge >= 0.3 is 0 Å². The Hall–Kier alpha value is -0.210.